The van der Waals surface area contributed by atoms with Gasteiger partial charge in [-0.3, -0.25) is 9.59 Å². The molecule has 3 aromatic carbocycles. The number of carbonyl (C=O) groups is 2. The summed E-state index contributed by atoms with van der Waals surface area (Å²) in [6.07, 6.45) is 0. The monoisotopic (exact) mass is 489 g/mol. The number of hydrogen-bond acceptors (Lipinski definition) is 3. The Balaban J connectivity index is 1.77. The first-order valence-electron chi connectivity index (χ1n) is 9.24. The smallest absolute Gasteiger partial charge is 0.323 e. The first-order valence-corrected chi connectivity index (χ1v) is 10.0. The molecule has 3 rings (SSSR count). The molecule has 1 amide bonds. The number of hydrogen-bond donors (Lipinski definition) is 1. The molecule has 5 nitrogen and oxygen atoms in total. The molecule has 0 radical (unpaired) electrons. The van der Waals surface area contributed by atoms with Gasteiger partial charge in [0, 0.05) is 22.1 Å². The number of amides is 1. The zero-order valence-corrected chi connectivity index (χ0v) is 17.8. The van der Waals surface area contributed by atoms with Gasteiger partial charge >= 0.3 is 5.97 Å². The van der Waals surface area contributed by atoms with Crippen molar-refractivity contribution in [1.82, 2.24) is 4.90 Å². The van der Waals surface area contributed by atoms with Gasteiger partial charge < -0.3 is 14.7 Å². The van der Waals surface area contributed by atoms with E-state index < -0.39 is 24.2 Å². The van der Waals surface area contributed by atoms with Gasteiger partial charge in [-0.05, 0) is 48.0 Å². The predicted octanol–water partition coefficient (Wildman–Crippen LogP) is 5.03. The summed E-state index contributed by atoms with van der Waals surface area (Å²) in [5.41, 5.74) is 1.00. The van der Waals surface area contributed by atoms with Crippen LogP contribution in [-0.2, 0) is 17.9 Å². The summed E-state index contributed by atoms with van der Waals surface area (Å²) < 4.78 is 33.7. The van der Waals surface area contributed by atoms with Crippen LogP contribution in [0.25, 0.3) is 0 Å². The Morgan fingerprint density at radius 3 is 2.48 bits per heavy atom. The zero-order chi connectivity index (χ0) is 22.4. The topological polar surface area (TPSA) is 66.8 Å². The van der Waals surface area contributed by atoms with Crippen LogP contribution in [0.15, 0.2) is 71.2 Å². The standard InChI is InChI=1S/C23H18BrF2NO4/c24-18-8-7-17(21(26)11-18)12-27(13-22(28)29)23(30)16-4-2-6-20(10-16)31-14-15-3-1-5-19(25)9-15/h1-11H,12-14H2,(H,28,29). The van der Waals surface area contributed by atoms with E-state index in [1.807, 2.05) is 0 Å². The Bertz CT molecular complexity index is 1110. The van der Waals surface area contributed by atoms with E-state index in [-0.39, 0.29) is 30.1 Å². The van der Waals surface area contributed by atoms with Crippen LogP contribution < -0.4 is 4.74 Å². The fourth-order valence-electron chi connectivity index (χ4n) is 2.91. The first-order chi connectivity index (χ1) is 14.8. The van der Waals surface area contributed by atoms with Crippen LogP contribution in [0.5, 0.6) is 5.75 Å². The van der Waals surface area contributed by atoms with Crippen molar-refractivity contribution in [2.24, 2.45) is 0 Å². The van der Waals surface area contributed by atoms with Crippen molar-refractivity contribution in [3.05, 3.63) is 99.5 Å². The molecule has 0 fully saturated rings. The van der Waals surface area contributed by atoms with Crippen molar-refractivity contribution in [1.29, 1.82) is 0 Å². The molecule has 0 saturated carbocycles. The first kappa shape index (κ1) is 22.4. The summed E-state index contributed by atoms with van der Waals surface area (Å²) in [4.78, 5) is 25.3. The largest absolute Gasteiger partial charge is 0.489 e. The molecule has 160 valence electrons. The molecule has 0 saturated heterocycles. The van der Waals surface area contributed by atoms with Gasteiger partial charge in [-0.25, -0.2) is 8.78 Å². The zero-order valence-electron chi connectivity index (χ0n) is 16.2. The minimum absolute atomic E-state index is 0.0956. The van der Waals surface area contributed by atoms with Crippen LogP contribution in [0, 0.1) is 11.6 Å². The van der Waals surface area contributed by atoms with E-state index in [4.69, 9.17) is 4.74 Å². The maximum Gasteiger partial charge on any atom is 0.323 e. The van der Waals surface area contributed by atoms with Gasteiger partial charge in [0.25, 0.3) is 5.91 Å². The SMILES string of the molecule is O=C(O)CN(Cc1ccc(Br)cc1F)C(=O)c1cccc(OCc2cccc(F)c2)c1. The van der Waals surface area contributed by atoms with Gasteiger partial charge in [-0.2, -0.15) is 0 Å². The van der Waals surface area contributed by atoms with E-state index in [1.165, 1.54) is 36.4 Å². The summed E-state index contributed by atoms with van der Waals surface area (Å²) in [5.74, 6) is -2.37. The molecule has 0 aromatic heterocycles. The summed E-state index contributed by atoms with van der Waals surface area (Å²) in [7, 11) is 0. The fraction of sp³-hybridized carbons (Fsp3) is 0.130. The maximum absolute atomic E-state index is 14.2. The lowest BCUT2D eigenvalue weighted by molar-refractivity contribution is -0.137. The second kappa shape index (κ2) is 10.2. The number of nitrogens with zero attached hydrogens (tertiary/aromatic N) is 1. The molecule has 31 heavy (non-hydrogen) atoms. The molecule has 0 spiro atoms. The van der Waals surface area contributed by atoms with E-state index in [0.29, 0.717) is 15.8 Å². The number of halogens is 3. The molecular formula is C23H18BrF2NO4. The minimum Gasteiger partial charge on any atom is -0.489 e. The Morgan fingerprint density at radius 1 is 1.00 bits per heavy atom. The highest BCUT2D eigenvalue weighted by Crippen LogP contribution is 2.20. The van der Waals surface area contributed by atoms with Crippen molar-refractivity contribution in [3.63, 3.8) is 0 Å². The summed E-state index contributed by atoms with van der Waals surface area (Å²) in [5, 5.41) is 9.21. The highest BCUT2D eigenvalue weighted by Gasteiger charge is 2.21. The maximum atomic E-state index is 14.2. The van der Waals surface area contributed by atoms with Crippen LogP contribution in [0.4, 0.5) is 8.78 Å². The third-order valence-electron chi connectivity index (χ3n) is 4.37. The minimum atomic E-state index is -1.22. The number of carbonyl (C=O) groups excluding carboxylic acids is 1. The summed E-state index contributed by atoms with van der Waals surface area (Å²) in [6, 6.07) is 16.5. The van der Waals surface area contributed by atoms with Gasteiger partial charge in [-0.1, -0.05) is 40.2 Å². The fourth-order valence-corrected chi connectivity index (χ4v) is 3.25. The second-order valence-electron chi connectivity index (χ2n) is 6.74. The highest BCUT2D eigenvalue weighted by molar-refractivity contribution is 9.10. The van der Waals surface area contributed by atoms with Crippen molar-refractivity contribution in [2.45, 2.75) is 13.2 Å². The Hall–Kier alpha value is -3.26. The molecule has 3 aromatic rings. The van der Waals surface area contributed by atoms with E-state index >= 15 is 0 Å². The van der Waals surface area contributed by atoms with Gasteiger partial charge in [0.15, 0.2) is 0 Å². The molecule has 0 bridgehead atoms. The quantitative estimate of drug-likeness (QED) is 0.481. The molecule has 0 aliphatic rings. The van der Waals surface area contributed by atoms with Crippen LogP contribution in [-0.4, -0.2) is 28.4 Å². The average molecular weight is 490 g/mol. The van der Waals surface area contributed by atoms with Crippen LogP contribution in [0.1, 0.15) is 21.5 Å². The molecule has 0 aliphatic carbocycles. The lowest BCUT2D eigenvalue weighted by Crippen LogP contribution is -2.35. The molecule has 1 N–H and O–H groups in total. The number of rotatable bonds is 8. The molecule has 0 unspecified atom stereocenters. The Kier molecular flexibility index (Phi) is 7.36. The van der Waals surface area contributed by atoms with E-state index in [0.717, 1.165) is 4.90 Å². The second-order valence-corrected chi connectivity index (χ2v) is 7.65. The Morgan fingerprint density at radius 2 is 1.77 bits per heavy atom. The highest BCUT2D eigenvalue weighted by atomic mass is 79.9. The normalized spacial score (nSPS) is 10.5. The van der Waals surface area contributed by atoms with Crippen LogP contribution in [0.3, 0.4) is 0 Å². The van der Waals surface area contributed by atoms with Gasteiger partial charge in [0.05, 0.1) is 0 Å². The van der Waals surface area contributed by atoms with Crippen LogP contribution >= 0.6 is 15.9 Å². The average Bonchev–Trinajstić information content (AvgIpc) is 2.73. The van der Waals surface area contributed by atoms with E-state index in [2.05, 4.69) is 15.9 Å². The number of benzene rings is 3. The summed E-state index contributed by atoms with van der Waals surface area (Å²) >= 11 is 3.16. The predicted molar refractivity (Wildman–Crippen MR) is 114 cm³/mol. The van der Waals surface area contributed by atoms with Gasteiger partial charge in [0.2, 0.25) is 0 Å². The van der Waals surface area contributed by atoms with E-state index in [1.54, 1.807) is 30.3 Å². The number of aliphatic carboxylic acids is 1. The van der Waals surface area contributed by atoms with Gasteiger partial charge in [-0.15, -0.1) is 0 Å². The van der Waals surface area contributed by atoms with E-state index in [9.17, 15) is 23.5 Å². The number of carboxylic acid groups (broad SMARTS) is 1. The molecule has 0 heterocycles. The molecule has 0 aliphatic heterocycles. The van der Waals surface area contributed by atoms with Gasteiger partial charge in [0.1, 0.15) is 30.5 Å². The summed E-state index contributed by atoms with van der Waals surface area (Å²) in [6.45, 7) is -0.709. The number of ether oxygens (including phenoxy) is 1. The molecule has 8 heteroatoms. The van der Waals surface area contributed by atoms with Crippen molar-refractivity contribution in [2.75, 3.05) is 6.54 Å². The van der Waals surface area contributed by atoms with Crippen molar-refractivity contribution < 1.29 is 28.2 Å². The molecule has 0 atom stereocenters. The number of carboxylic acids is 1. The molecular weight excluding hydrogens is 472 g/mol. The lowest BCUT2D eigenvalue weighted by atomic mass is 10.1. The third kappa shape index (κ3) is 6.36. The lowest BCUT2D eigenvalue weighted by Gasteiger charge is -2.21. The van der Waals surface area contributed by atoms with Crippen molar-refractivity contribution in [3.8, 4) is 5.75 Å². The third-order valence-corrected chi connectivity index (χ3v) is 4.86. The van der Waals surface area contributed by atoms with Crippen molar-refractivity contribution >= 4 is 27.8 Å². The van der Waals surface area contributed by atoms with Crippen LogP contribution in [0.2, 0.25) is 0 Å². The Labute approximate surface area is 186 Å².